The van der Waals surface area contributed by atoms with Gasteiger partial charge in [-0.15, -0.1) is 0 Å². The van der Waals surface area contributed by atoms with Gasteiger partial charge in [0.25, 0.3) is 0 Å². The molecule has 0 amide bonds. The molecule has 0 aromatic heterocycles. The molecule has 2 aromatic rings. The number of rotatable bonds is 8. The maximum absolute atomic E-state index is 6.05. The molecule has 138 valence electrons. The molecule has 3 heteroatoms. The normalized spacial score (nSPS) is 16.2. The van der Waals surface area contributed by atoms with Crippen molar-refractivity contribution in [3.05, 3.63) is 65.7 Å². The van der Waals surface area contributed by atoms with E-state index in [-0.39, 0.29) is 0 Å². The predicted octanol–water partition coefficient (Wildman–Crippen LogP) is 4.26. The maximum Gasteiger partial charge on any atom is 0.126 e. The Hall–Kier alpha value is -2.10. The van der Waals surface area contributed by atoms with Gasteiger partial charge >= 0.3 is 0 Å². The number of likely N-dealkylation sites (N-methyl/N-ethyl adjacent to an activating group) is 1. The van der Waals surface area contributed by atoms with Crippen molar-refractivity contribution < 1.29 is 4.74 Å². The van der Waals surface area contributed by atoms with Crippen molar-refractivity contribution in [3.63, 3.8) is 0 Å². The first-order valence-corrected chi connectivity index (χ1v) is 9.67. The Bertz CT molecular complexity index is 676. The fourth-order valence-corrected chi connectivity index (χ4v) is 3.19. The van der Waals surface area contributed by atoms with Crippen LogP contribution in [0.25, 0.3) is 12.2 Å². The maximum atomic E-state index is 6.05. The molecule has 1 aliphatic heterocycles. The SMILES string of the molecule is CN1CCN(CCCCOc2ccccc2/C=C/c2ccccc2)CC1. The Kier molecular flexibility index (Phi) is 7.29. The summed E-state index contributed by atoms with van der Waals surface area (Å²) in [6.45, 7) is 6.75. The summed E-state index contributed by atoms with van der Waals surface area (Å²) < 4.78 is 6.05. The van der Waals surface area contributed by atoms with Crippen molar-refractivity contribution in [1.82, 2.24) is 9.80 Å². The van der Waals surface area contributed by atoms with Crippen molar-refractivity contribution in [3.8, 4) is 5.75 Å². The van der Waals surface area contributed by atoms with Crippen LogP contribution in [-0.2, 0) is 0 Å². The van der Waals surface area contributed by atoms with E-state index in [2.05, 4.69) is 71.5 Å². The number of hydrogen-bond donors (Lipinski definition) is 0. The van der Waals surface area contributed by atoms with Crippen molar-refractivity contribution >= 4 is 12.2 Å². The average Bonchev–Trinajstić information content (AvgIpc) is 2.69. The Morgan fingerprint density at radius 2 is 1.58 bits per heavy atom. The first-order chi connectivity index (χ1) is 12.8. The Morgan fingerprint density at radius 3 is 2.38 bits per heavy atom. The molecule has 2 aromatic carbocycles. The summed E-state index contributed by atoms with van der Waals surface area (Å²) in [4.78, 5) is 4.97. The van der Waals surface area contributed by atoms with E-state index in [9.17, 15) is 0 Å². The Balaban J connectivity index is 1.43. The predicted molar refractivity (Wildman–Crippen MR) is 110 cm³/mol. The van der Waals surface area contributed by atoms with Gasteiger partial charge in [-0.05, 0) is 38.1 Å². The van der Waals surface area contributed by atoms with Gasteiger partial charge in [-0.1, -0.05) is 60.7 Å². The number of unbranched alkanes of at least 4 members (excludes halogenated alkanes) is 1. The largest absolute Gasteiger partial charge is 0.493 e. The van der Waals surface area contributed by atoms with Crippen LogP contribution in [0.4, 0.5) is 0 Å². The number of ether oxygens (including phenoxy) is 1. The van der Waals surface area contributed by atoms with Crippen LogP contribution in [0.1, 0.15) is 24.0 Å². The average molecular weight is 351 g/mol. The highest BCUT2D eigenvalue weighted by molar-refractivity contribution is 5.72. The second kappa shape index (κ2) is 10.1. The van der Waals surface area contributed by atoms with Crippen molar-refractivity contribution in [2.75, 3.05) is 46.4 Å². The van der Waals surface area contributed by atoms with E-state index in [0.717, 1.165) is 24.3 Å². The summed E-state index contributed by atoms with van der Waals surface area (Å²) in [6.07, 6.45) is 6.57. The molecule has 0 bridgehead atoms. The van der Waals surface area contributed by atoms with Crippen LogP contribution in [0.15, 0.2) is 54.6 Å². The van der Waals surface area contributed by atoms with Gasteiger partial charge in [-0.3, -0.25) is 0 Å². The van der Waals surface area contributed by atoms with Crippen molar-refractivity contribution in [2.24, 2.45) is 0 Å². The molecular weight excluding hydrogens is 320 g/mol. The minimum absolute atomic E-state index is 0.782. The molecule has 3 nitrogen and oxygen atoms in total. The zero-order chi connectivity index (χ0) is 18.0. The third-order valence-electron chi connectivity index (χ3n) is 4.90. The van der Waals surface area contributed by atoms with Gasteiger partial charge in [-0.2, -0.15) is 0 Å². The first-order valence-electron chi connectivity index (χ1n) is 9.67. The number of piperazine rings is 1. The van der Waals surface area contributed by atoms with Crippen molar-refractivity contribution in [1.29, 1.82) is 0 Å². The van der Waals surface area contributed by atoms with Gasteiger partial charge in [0.1, 0.15) is 5.75 Å². The van der Waals surface area contributed by atoms with E-state index in [4.69, 9.17) is 4.74 Å². The van der Waals surface area contributed by atoms with Gasteiger partial charge in [0.05, 0.1) is 6.61 Å². The molecule has 0 N–H and O–H groups in total. The van der Waals surface area contributed by atoms with Crippen molar-refractivity contribution in [2.45, 2.75) is 12.8 Å². The highest BCUT2D eigenvalue weighted by atomic mass is 16.5. The van der Waals surface area contributed by atoms with Crippen LogP contribution >= 0.6 is 0 Å². The van der Waals surface area contributed by atoms with Gasteiger partial charge in [0, 0.05) is 31.7 Å². The number of benzene rings is 2. The van der Waals surface area contributed by atoms with E-state index in [1.807, 2.05) is 12.1 Å². The van der Waals surface area contributed by atoms with Crippen LogP contribution in [0.2, 0.25) is 0 Å². The Labute approximate surface area is 157 Å². The van der Waals surface area contributed by atoms with E-state index in [1.165, 1.54) is 44.7 Å². The zero-order valence-electron chi connectivity index (χ0n) is 15.8. The van der Waals surface area contributed by atoms with Gasteiger partial charge in [0.15, 0.2) is 0 Å². The summed E-state index contributed by atoms with van der Waals surface area (Å²) in [5.41, 5.74) is 2.34. The van der Waals surface area contributed by atoms with Crippen LogP contribution < -0.4 is 4.74 Å². The molecule has 26 heavy (non-hydrogen) atoms. The third-order valence-corrected chi connectivity index (χ3v) is 4.90. The zero-order valence-corrected chi connectivity index (χ0v) is 15.8. The van der Waals surface area contributed by atoms with E-state index >= 15 is 0 Å². The van der Waals surface area contributed by atoms with Crippen LogP contribution in [-0.4, -0.2) is 56.2 Å². The lowest BCUT2D eigenvalue weighted by molar-refractivity contribution is 0.150. The van der Waals surface area contributed by atoms with Crippen LogP contribution in [0.3, 0.4) is 0 Å². The number of nitrogens with zero attached hydrogens (tertiary/aromatic N) is 2. The highest BCUT2D eigenvalue weighted by Crippen LogP contribution is 2.21. The van der Waals surface area contributed by atoms with E-state index in [0.29, 0.717) is 0 Å². The molecule has 0 unspecified atom stereocenters. The molecule has 1 fully saturated rings. The van der Waals surface area contributed by atoms with Gasteiger partial charge in [-0.25, -0.2) is 0 Å². The lowest BCUT2D eigenvalue weighted by Gasteiger charge is -2.32. The second-order valence-electron chi connectivity index (χ2n) is 6.98. The number of para-hydroxylation sites is 1. The monoisotopic (exact) mass is 350 g/mol. The summed E-state index contributed by atoms with van der Waals surface area (Å²) in [7, 11) is 2.20. The summed E-state index contributed by atoms with van der Waals surface area (Å²) >= 11 is 0. The highest BCUT2D eigenvalue weighted by Gasteiger charge is 2.12. The molecule has 0 spiro atoms. The fraction of sp³-hybridized carbons (Fsp3) is 0.391. The smallest absolute Gasteiger partial charge is 0.126 e. The molecule has 1 saturated heterocycles. The Morgan fingerprint density at radius 1 is 0.846 bits per heavy atom. The van der Waals surface area contributed by atoms with E-state index in [1.54, 1.807) is 0 Å². The lowest BCUT2D eigenvalue weighted by Crippen LogP contribution is -2.44. The third kappa shape index (κ3) is 6.01. The standard InChI is InChI=1S/C23H30N2O/c1-24-16-18-25(19-17-24)15-7-8-20-26-23-12-6-5-11-22(23)14-13-21-9-3-2-4-10-21/h2-6,9-14H,7-8,15-20H2,1H3/b14-13+. The van der Waals surface area contributed by atoms with Gasteiger partial charge < -0.3 is 14.5 Å². The summed E-state index contributed by atoms with van der Waals surface area (Å²) in [5.74, 6) is 0.972. The van der Waals surface area contributed by atoms with Gasteiger partial charge in [0.2, 0.25) is 0 Å². The quantitative estimate of drug-likeness (QED) is 0.522. The van der Waals surface area contributed by atoms with E-state index < -0.39 is 0 Å². The molecule has 3 rings (SSSR count). The van der Waals surface area contributed by atoms with Crippen LogP contribution in [0.5, 0.6) is 5.75 Å². The molecule has 0 radical (unpaired) electrons. The summed E-state index contributed by atoms with van der Waals surface area (Å²) in [6, 6.07) is 18.6. The molecule has 0 aliphatic carbocycles. The number of hydrogen-bond acceptors (Lipinski definition) is 3. The van der Waals surface area contributed by atoms with Crippen LogP contribution in [0, 0.1) is 0 Å². The molecular formula is C23H30N2O. The first kappa shape index (κ1) is 18.7. The second-order valence-corrected chi connectivity index (χ2v) is 6.98. The molecule has 0 saturated carbocycles. The minimum Gasteiger partial charge on any atom is -0.493 e. The fourth-order valence-electron chi connectivity index (χ4n) is 3.19. The minimum atomic E-state index is 0.782. The molecule has 1 heterocycles. The summed E-state index contributed by atoms with van der Waals surface area (Å²) in [5, 5.41) is 0. The molecule has 1 aliphatic rings. The lowest BCUT2D eigenvalue weighted by atomic mass is 10.1. The topological polar surface area (TPSA) is 15.7 Å². The molecule has 0 atom stereocenters.